The minimum absolute atomic E-state index is 0.0706. The maximum Gasteiger partial charge on any atom is 0.283 e. The maximum atomic E-state index is 11.1. The number of nitro groups is 1. The van der Waals surface area contributed by atoms with Crippen molar-refractivity contribution in [2.45, 2.75) is 0 Å². The minimum Gasteiger partial charge on any atom is -0.333 e. The molecule has 3 aromatic rings. The Morgan fingerprint density at radius 2 is 1.91 bits per heavy atom. The summed E-state index contributed by atoms with van der Waals surface area (Å²) in [6.07, 6.45) is 0. The minimum atomic E-state index is -0.537. The second kappa shape index (κ2) is 5.86. The molecule has 0 unspecified atom stereocenters. The van der Waals surface area contributed by atoms with Gasteiger partial charge in [-0.2, -0.15) is 4.98 Å². The van der Waals surface area contributed by atoms with Gasteiger partial charge in [0.15, 0.2) is 0 Å². The van der Waals surface area contributed by atoms with Crippen molar-refractivity contribution in [3.8, 4) is 22.8 Å². The molecule has 3 rings (SSSR count). The van der Waals surface area contributed by atoms with E-state index in [9.17, 15) is 10.1 Å². The van der Waals surface area contributed by atoms with E-state index in [0.717, 1.165) is 10.0 Å². The quantitative estimate of drug-likeness (QED) is 0.484. The van der Waals surface area contributed by atoms with Crippen molar-refractivity contribution in [3.63, 3.8) is 0 Å². The van der Waals surface area contributed by atoms with Crippen molar-refractivity contribution in [1.82, 2.24) is 10.1 Å². The van der Waals surface area contributed by atoms with Crippen LogP contribution < -0.4 is 0 Å². The predicted molar refractivity (Wildman–Crippen MR) is 84.5 cm³/mol. The zero-order valence-corrected chi connectivity index (χ0v) is 13.2. The van der Waals surface area contributed by atoms with Gasteiger partial charge in [-0.3, -0.25) is 10.1 Å². The van der Waals surface area contributed by atoms with Gasteiger partial charge in [0, 0.05) is 21.1 Å². The van der Waals surface area contributed by atoms with E-state index in [1.165, 1.54) is 18.2 Å². The largest absolute Gasteiger partial charge is 0.333 e. The van der Waals surface area contributed by atoms with Gasteiger partial charge in [-0.15, -0.1) is 0 Å². The van der Waals surface area contributed by atoms with Crippen LogP contribution in [0.4, 0.5) is 5.69 Å². The highest BCUT2D eigenvalue weighted by Crippen LogP contribution is 2.32. The monoisotopic (exact) mass is 379 g/mol. The second-order valence-electron chi connectivity index (χ2n) is 4.35. The van der Waals surface area contributed by atoms with Crippen molar-refractivity contribution < 1.29 is 9.45 Å². The molecule has 0 fully saturated rings. The Kier molecular flexibility index (Phi) is 3.91. The van der Waals surface area contributed by atoms with Crippen LogP contribution in [0.25, 0.3) is 22.8 Å². The summed E-state index contributed by atoms with van der Waals surface area (Å²) in [6, 6.07) is 11.6. The van der Waals surface area contributed by atoms with Crippen LogP contribution >= 0.6 is 27.5 Å². The van der Waals surface area contributed by atoms with Gasteiger partial charge in [0.1, 0.15) is 5.56 Å². The van der Waals surface area contributed by atoms with Gasteiger partial charge < -0.3 is 4.52 Å². The third-order valence-corrected chi connectivity index (χ3v) is 3.68. The number of hydrogen-bond donors (Lipinski definition) is 0. The summed E-state index contributed by atoms with van der Waals surface area (Å²) in [6.45, 7) is 0. The predicted octanol–water partition coefficient (Wildman–Crippen LogP) is 4.73. The Bertz CT molecular complexity index is 849. The van der Waals surface area contributed by atoms with E-state index in [1.54, 1.807) is 0 Å². The average molecular weight is 381 g/mol. The van der Waals surface area contributed by atoms with Crippen LogP contribution in [0.5, 0.6) is 0 Å². The molecule has 0 aliphatic rings. The van der Waals surface area contributed by atoms with Gasteiger partial charge in [-0.25, -0.2) is 0 Å². The molecular formula is C14H7BrClN3O3. The van der Waals surface area contributed by atoms with Gasteiger partial charge in [0.05, 0.1) is 4.92 Å². The number of nitrogens with zero attached hydrogens (tertiary/aromatic N) is 3. The summed E-state index contributed by atoms with van der Waals surface area (Å²) in [5.74, 6) is 0.424. The molecule has 0 aliphatic carbocycles. The molecule has 0 amide bonds. The molecule has 110 valence electrons. The summed E-state index contributed by atoms with van der Waals surface area (Å²) in [4.78, 5) is 14.8. The zero-order chi connectivity index (χ0) is 15.7. The lowest BCUT2D eigenvalue weighted by molar-refractivity contribution is -0.384. The molecule has 0 N–H and O–H groups in total. The fourth-order valence-electron chi connectivity index (χ4n) is 1.89. The summed E-state index contributed by atoms with van der Waals surface area (Å²) >= 11 is 9.13. The van der Waals surface area contributed by atoms with Gasteiger partial charge in [0.2, 0.25) is 5.82 Å². The van der Waals surface area contributed by atoms with Crippen molar-refractivity contribution in [2.75, 3.05) is 0 Å². The number of halogens is 2. The summed E-state index contributed by atoms with van der Waals surface area (Å²) in [5.41, 5.74) is 0.790. The Labute approximate surface area is 138 Å². The van der Waals surface area contributed by atoms with Crippen LogP contribution in [0.2, 0.25) is 5.02 Å². The van der Waals surface area contributed by atoms with Gasteiger partial charge >= 0.3 is 0 Å². The van der Waals surface area contributed by atoms with Gasteiger partial charge in [-0.1, -0.05) is 32.7 Å². The third-order valence-electron chi connectivity index (χ3n) is 2.92. The van der Waals surface area contributed by atoms with E-state index in [-0.39, 0.29) is 22.2 Å². The fourth-order valence-corrected chi connectivity index (χ4v) is 2.32. The molecule has 0 saturated heterocycles. The molecule has 0 atom stereocenters. The molecule has 0 spiro atoms. The van der Waals surface area contributed by atoms with E-state index in [1.807, 2.05) is 24.3 Å². The average Bonchev–Trinajstić information content (AvgIpc) is 2.97. The van der Waals surface area contributed by atoms with Crippen LogP contribution in [0, 0.1) is 10.1 Å². The number of nitro benzene ring substituents is 1. The van der Waals surface area contributed by atoms with Crippen LogP contribution in [-0.4, -0.2) is 15.1 Å². The van der Waals surface area contributed by atoms with E-state index in [2.05, 4.69) is 26.1 Å². The second-order valence-corrected chi connectivity index (χ2v) is 5.70. The Morgan fingerprint density at radius 1 is 1.18 bits per heavy atom. The van der Waals surface area contributed by atoms with Crippen molar-refractivity contribution in [3.05, 3.63) is 62.1 Å². The van der Waals surface area contributed by atoms with Crippen molar-refractivity contribution in [2.24, 2.45) is 0 Å². The fraction of sp³-hybridized carbons (Fsp3) is 0. The molecule has 0 saturated carbocycles. The number of benzene rings is 2. The van der Waals surface area contributed by atoms with Gasteiger partial charge in [0.25, 0.3) is 11.6 Å². The van der Waals surface area contributed by atoms with Gasteiger partial charge in [-0.05, 0) is 36.4 Å². The highest BCUT2D eigenvalue weighted by molar-refractivity contribution is 9.10. The Balaban J connectivity index is 2.04. The summed E-state index contributed by atoms with van der Waals surface area (Å²) in [5, 5.41) is 15.2. The SMILES string of the molecule is O=[N+]([O-])c1cc(Cl)ccc1-c1nc(-c2ccc(Br)cc2)no1. The first-order valence-corrected chi connectivity index (χ1v) is 7.25. The first kappa shape index (κ1) is 14.7. The van der Waals surface area contributed by atoms with Crippen molar-refractivity contribution in [1.29, 1.82) is 0 Å². The zero-order valence-electron chi connectivity index (χ0n) is 10.9. The number of rotatable bonds is 3. The molecule has 0 bridgehead atoms. The maximum absolute atomic E-state index is 11.1. The van der Waals surface area contributed by atoms with E-state index in [4.69, 9.17) is 16.1 Å². The van der Waals surface area contributed by atoms with Crippen LogP contribution in [-0.2, 0) is 0 Å². The lowest BCUT2D eigenvalue weighted by Gasteiger charge is -1.98. The van der Waals surface area contributed by atoms with Crippen LogP contribution in [0.15, 0.2) is 51.5 Å². The Hall–Kier alpha value is -2.25. The molecule has 2 aromatic carbocycles. The van der Waals surface area contributed by atoms with E-state index >= 15 is 0 Å². The summed E-state index contributed by atoms with van der Waals surface area (Å²) in [7, 11) is 0. The molecular weight excluding hydrogens is 374 g/mol. The lowest BCUT2D eigenvalue weighted by atomic mass is 10.2. The van der Waals surface area contributed by atoms with Crippen molar-refractivity contribution >= 4 is 33.2 Å². The highest BCUT2D eigenvalue weighted by atomic mass is 79.9. The van der Waals surface area contributed by atoms with E-state index in [0.29, 0.717) is 5.82 Å². The Morgan fingerprint density at radius 3 is 2.59 bits per heavy atom. The molecule has 1 aromatic heterocycles. The molecule has 22 heavy (non-hydrogen) atoms. The lowest BCUT2D eigenvalue weighted by Crippen LogP contribution is -1.92. The summed E-state index contributed by atoms with van der Waals surface area (Å²) < 4.78 is 6.07. The molecule has 0 aliphatic heterocycles. The first-order valence-electron chi connectivity index (χ1n) is 6.08. The standard InChI is InChI=1S/C14H7BrClN3O3/c15-9-3-1-8(2-4-9)13-17-14(22-18-13)11-6-5-10(16)7-12(11)19(20)21/h1-7H. The molecule has 6 nitrogen and oxygen atoms in total. The molecule has 8 heteroatoms. The van der Waals surface area contributed by atoms with Crippen LogP contribution in [0.1, 0.15) is 0 Å². The highest BCUT2D eigenvalue weighted by Gasteiger charge is 2.21. The van der Waals surface area contributed by atoms with E-state index < -0.39 is 4.92 Å². The first-order chi connectivity index (χ1) is 10.5. The molecule has 1 heterocycles. The topological polar surface area (TPSA) is 82.1 Å². The third kappa shape index (κ3) is 2.86. The number of aromatic nitrogens is 2. The normalized spacial score (nSPS) is 10.6. The van der Waals surface area contributed by atoms with Crippen LogP contribution in [0.3, 0.4) is 0 Å². The number of hydrogen-bond acceptors (Lipinski definition) is 5. The smallest absolute Gasteiger partial charge is 0.283 e. The molecule has 0 radical (unpaired) electrons.